The number of hydrogen-bond donors (Lipinski definition) is 2. The quantitative estimate of drug-likeness (QED) is 0.750. The van der Waals surface area contributed by atoms with Crippen LogP contribution < -0.4 is 0 Å². The van der Waals surface area contributed by atoms with Gasteiger partial charge in [-0.1, -0.05) is 12.1 Å². The van der Waals surface area contributed by atoms with Crippen LogP contribution in [0, 0.1) is 0 Å². The predicted molar refractivity (Wildman–Crippen MR) is 59.4 cm³/mol. The fourth-order valence-electron chi connectivity index (χ4n) is 1.87. The second-order valence-electron chi connectivity index (χ2n) is 4.12. The lowest BCUT2D eigenvalue weighted by molar-refractivity contribution is -0.147. The third-order valence-electron chi connectivity index (χ3n) is 2.81. The van der Waals surface area contributed by atoms with E-state index in [0.29, 0.717) is 12.0 Å². The van der Waals surface area contributed by atoms with Crippen LogP contribution in [0.2, 0.25) is 0 Å². The van der Waals surface area contributed by atoms with Gasteiger partial charge in [0.1, 0.15) is 5.75 Å². The standard InChI is InChI=1S/C12H13NO4/c14-7-13(9-4-5-9)11(12(16)17)8-2-1-3-10(15)6-8/h1-3,6-7,9,11,15H,4-5H2,(H,16,17). The van der Waals surface area contributed by atoms with Gasteiger partial charge in [0.25, 0.3) is 0 Å². The van der Waals surface area contributed by atoms with Crippen LogP contribution >= 0.6 is 0 Å². The molecule has 0 bridgehead atoms. The molecule has 5 heteroatoms. The van der Waals surface area contributed by atoms with Gasteiger partial charge in [-0.2, -0.15) is 0 Å². The number of phenols is 1. The Morgan fingerprint density at radius 3 is 2.65 bits per heavy atom. The molecular formula is C12H13NO4. The predicted octanol–water partition coefficient (Wildman–Crippen LogP) is 1.14. The Morgan fingerprint density at radius 2 is 2.18 bits per heavy atom. The summed E-state index contributed by atoms with van der Waals surface area (Å²) in [6.07, 6.45) is 2.24. The van der Waals surface area contributed by atoms with E-state index in [9.17, 15) is 19.8 Å². The van der Waals surface area contributed by atoms with Crippen LogP contribution in [0.4, 0.5) is 0 Å². The zero-order valence-electron chi connectivity index (χ0n) is 9.11. The van der Waals surface area contributed by atoms with Gasteiger partial charge in [0, 0.05) is 6.04 Å². The normalized spacial score (nSPS) is 16.2. The first-order valence-corrected chi connectivity index (χ1v) is 5.38. The van der Waals surface area contributed by atoms with Gasteiger partial charge in [-0.15, -0.1) is 0 Å². The number of carbonyl (C=O) groups excluding carboxylic acids is 1. The maximum atomic E-state index is 11.3. The van der Waals surface area contributed by atoms with Gasteiger partial charge in [-0.3, -0.25) is 4.79 Å². The maximum absolute atomic E-state index is 11.3. The summed E-state index contributed by atoms with van der Waals surface area (Å²) in [5.41, 5.74) is 0.413. The minimum Gasteiger partial charge on any atom is -0.508 e. The van der Waals surface area contributed by atoms with E-state index in [1.165, 1.54) is 17.0 Å². The molecule has 1 unspecified atom stereocenters. The van der Waals surface area contributed by atoms with E-state index < -0.39 is 12.0 Å². The number of aromatic hydroxyl groups is 1. The van der Waals surface area contributed by atoms with Crippen molar-refractivity contribution < 1.29 is 19.8 Å². The monoisotopic (exact) mass is 235 g/mol. The number of carbonyl (C=O) groups is 2. The van der Waals surface area contributed by atoms with Crippen molar-refractivity contribution in [2.45, 2.75) is 24.9 Å². The molecule has 0 aromatic heterocycles. The molecule has 2 rings (SSSR count). The summed E-state index contributed by atoms with van der Waals surface area (Å²) in [5, 5.41) is 18.6. The Kier molecular flexibility index (Phi) is 2.99. The zero-order valence-corrected chi connectivity index (χ0v) is 9.11. The molecule has 5 nitrogen and oxygen atoms in total. The molecule has 1 atom stereocenters. The fourth-order valence-corrected chi connectivity index (χ4v) is 1.87. The average Bonchev–Trinajstić information content (AvgIpc) is 3.08. The zero-order chi connectivity index (χ0) is 12.4. The van der Waals surface area contributed by atoms with E-state index in [-0.39, 0.29) is 11.8 Å². The Bertz CT molecular complexity index is 442. The molecule has 1 saturated carbocycles. The molecule has 0 saturated heterocycles. The molecule has 1 amide bonds. The van der Waals surface area contributed by atoms with Crippen molar-refractivity contribution in [3.8, 4) is 5.75 Å². The number of aliphatic carboxylic acids is 1. The third kappa shape index (κ3) is 2.38. The van der Waals surface area contributed by atoms with Gasteiger partial charge in [-0.25, -0.2) is 4.79 Å². The molecule has 2 N–H and O–H groups in total. The molecule has 17 heavy (non-hydrogen) atoms. The van der Waals surface area contributed by atoms with Gasteiger partial charge >= 0.3 is 5.97 Å². The average molecular weight is 235 g/mol. The van der Waals surface area contributed by atoms with Crippen molar-refractivity contribution in [3.05, 3.63) is 29.8 Å². The first kappa shape index (κ1) is 11.4. The number of rotatable bonds is 5. The number of nitrogens with zero attached hydrogens (tertiary/aromatic N) is 1. The third-order valence-corrected chi connectivity index (χ3v) is 2.81. The second-order valence-corrected chi connectivity index (χ2v) is 4.12. The molecule has 1 fully saturated rings. The molecule has 0 aliphatic heterocycles. The van der Waals surface area contributed by atoms with Crippen LogP contribution in [0.25, 0.3) is 0 Å². The van der Waals surface area contributed by atoms with E-state index in [1.54, 1.807) is 12.1 Å². The number of hydrogen-bond acceptors (Lipinski definition) is 3. The molecule has 1 aliphatic carbocycles. The first-order valence-electron chi connectivity index (χ1n) is 5.38. The van der Waals surface area contributed by atoms with Crippen molar-refractivity contribution in [3.63, 3.8) is 0 Å². The molecule has 0 heterocycles. The SMILES string of the molecule is O=CN(C1CC1)C(C(=O)O)c1cccc(O)c1. The highest BCUT2D eigenvalue weighted by atomic mass is 16.4. The van der Waals surface area contributed by atoms with Crippen LogP contribution in [0.1, 0.15) is 24.4 Å². The lowest BCUT2D eigenvalue weighted by Gasteiger charge is -2.25. The van der Waals surface area contributed by atoms with E-state index in [4.69, 9.17) is 0 Å². The van der Waals surface area contributed by atoms with Crippen molar-refractivity contribution in [1.82, 2.24) is 4.90 Å². The van der Waals surface area contributed by atoms with E-state index >= 15 is 0 Å². The van der Waals surface area contributed by atoms with Crippen LogP contribution in [-0.4, -0.2) is 33.5 Å². The Labute approximate surface area is 98.3 Å². The molecule has 1 aliphatic rings. The second kappa shape index (κ2) is 4.45. The Morgan fingerprint density at radius 1 is 1.47 bits per heavy atom. The molecule has 1 aromatic carbocycles. The van der Waals surface area contributed by atoms with Gasteiger partial charge in [0.15, 0.2) is 6.04 Å². The van der Waals surface area contributed by atoms with Crippen molar-refractivity contribution in [1.29, 1.82) is 0 Å². The summed E-state index contributed by atoms with van der Waals surface area (Å²) in [5.74, 6) is -1.09. The smallest absolute Gasteiger partial charge is 0.331 e. The van der Waals surface area contributed by atoms with E-state index in [1.807, 2.05) is 0 Å². The summed E-state index contributed by atoms with van der Waals surface area (Å²) in [6, 6.07) is 4.99. The first-order chi connectivity index (χ1) is 8.13. The van der Waals surface area contributed by atoms with E-state index in [2.05, 4.69) is 0 Å². The maximum Gasteiger partial charge on any atom is 0.331 e. The van der Waals surface area contributed by atoms with Crippen molar-refractivity contribution in [2.75, 3.05) is 0 Å². The van der Waals surface area contributed by atoms with Crippen LogP contribution in [-0.2, 0) is 9.59 Å². The lowest BCUT2D eigenvalue weighted by atomic mass is 10.1. The van der Waals surface area contributed by atoms with Crippen LogP contribution in [0.5, 0.6) is 5.75 Å². The summed E-state index contributed by atoms with van der Waals surface area (Å²) in [7, 11) is 0. The number of carboxylic acids is 1. The van der Waals surface area contributed by atoms with Gasteiger partial charge < -0.3 is 15.1 Å². The summed E-state index contributed by atoms with van der Waals surface area (Å²) >= 11 is 0. The number of benzene rings is 1. The Hall–Kier alpha value is -2.04. The lowest BCUT2D eigenvalue weighted by Crippen LogP contribution is -2.34. The summed E-state index contributed by atoms with van der Waals surface area (Å²) in [6.45, 7) is 0. The summed E-state index contributed by atoms with van der Waals surface area (Å²) < 4.78 is 0. The van der Waals surface area contributed by atoms with Gasteiger partial charge in [0.2, 0.25) is 6.41 Å². The van der Waals surface area contributed by atoms with Crippen molar-refractivity contribution >= 4 is 12.4 Å². The minimum atomic E-state index is -1.09. The molecule has 0 radical (unpaired) electrons. The van der Waals surface area contributed by atoms with Gasteiger partial charge in [-0.05, 0) is 30.5 Å². The van der Waals surface area contributed by atoms with Crippen molar-refractivity contribution in [2.24, 2.45) is 0 Å². The van der Waals surface area contributed by atoms with Crippen LogP contribution in [0.3, 0.4) is 0 Å². The minimum absolute atomic E-state index is 0.00426. The largest absolute Gasteiger partial charge is 0.508 e. The highest BCUT2D eigenvalue weighted by molar-refractivity contribution is 5.78. The van der Waals surface area contributed by atoms with Gasteiger partial charge in [0.05, 0.1) is 0 Å². The fraction of sp³-hybridized carbons (Fsp3) is 0.333. The Balaban J connectivity index is 2.33. The summed E-state index contributed by atoms with van der Waals surface area (Å²) in [4.78, 5) is 23.6. The number of carboxylic acid groups (broad SMARTS) is 1. The molecular weight excluding hydrogens is 222 g/mol. The molecule has 90 valence electrons. The van der Waals surface area contributed by atoms with E-state index in [0.717, 1.165) is 12.8 Å². The highest BCUT2D eigenvalue weighted by Crippen LogP contribution is 2.34. The highest BCUT2D eigenvalue weighted by Gasteiger charge is 2.37. The van der Waals surface area contributed by atoms with Crippen LogP contribution in [0.15, 0.2) is 24.3 Å². The molecule has 1 aromatic rings. The topological polar surface area (TPSA) is 77.8 Å². The number of amides is 1. The molecule has 0 spiro atoms. The number of phenolic OH excluding ortho intramolecular Hbond substituents is 1.